The standard InChI is InChI=1S/C26H24BrCl2NO4/c1-4-33-24-13-17(12-19(27)26(24)34-15-18-7-5-6-8-20(18)28)9-10-25(31)30-22-11-16(2)21(29)14-23(22)32-3/h5-14H,4,15H2,1-3H3,(H,30,31)/b10-9+. The van der Waals surface area contributed by atoms with Crippen molar-refractivity contribution >= 4 is 56.8 Å². The van der Waals surface area contributed by atoms with E-state index >= 15 is 0 Å². The molecule has 0 saturated heterocycles. The van der Waals surface area contributed by atoms with Gasteiger partial charge in [-0.3, -0.25) is 4.79 Å². The van der Waals surface area contributed by atoms with E-state index in [0.717, 1.165) is 16.7 Å². The highest BCUT2D eigenvalue weighted by molar-refractivity contribution is 9.10. The minimum atomic E-state index is -0.312. The van der Waals surface area contributed by atoms with E-state index in [1.165, 1.54) is 13.2 Å². The van der Waals surface area contributed by atoms with Gasteiger partial charge in [-0.05, 0) is 71.2 Å². The Bertz CT molecular complexity index is 1210. The topological polar surface area (TPSA) is 56.8 Å². The van der Waals surface area contributed by atoms with E-state index in [4.69, 9.17) is 37.4 Å². The maximum Gasteiger partial charge on any atom is 0.248 e. The molecule has 0 spiro atoms. The van der Waals surface area contributed by atoms with Crippen molar-refractivity contribution in [3.05, 3.63) is 85.8 Å². The van der Waals surface area contributed by atoms with Crippen molar-refractivity contribution in [3.8, 4) is 17.2 Å². The van der Waals surface area contributed by atoms with Gasteiger partial charge in [-0.2, -0.15) is 0 Å². The normalized spacial score (nSPS) is 10.9. The Labute approximate surface area is 217 Å². The Kier molecular flexibility index (Phi) is 9.28. The molecule has 1 amide bonds. The van der Waals surface area contributed by atoms with Crippen LogP contribution in [0.3, 0.4) is 0 Å². The zero-order valence-corrected chi connectivity index (χ0v) is 22.1. The summed E-state index contributed by atoms with van der Waals surface area (Å²) in [5, 5.41) is 4.02. The van der Waals surface area contributed by atoms with Crippen molar-refractivity contribution in [3.63, 3.8) is 0 Å². The molecule has 34 heavy (non-hydrogen) atoms. The first-order chi connectivity index (χ1) is 16.3. The lowest BCUT2D eigenvalue weighted by molar-refractivity contribution is -0.111. The minimum absolute atomic E-state index is 0.290. The molecule has 0 aliphatic carbocycles. The van der Waals surface area contributed by atoms with Crippen molar-refractivity contribution in [1.82, 2.24) is 0 Å². The highest BCUT2D eigenvalue weighted by Crippen LogP contribution is 2.38. The smallest absolute Gasteiger partial charge is 0.248 e. The van der Waals surface area contributed by atoms with E-state index in [-0.39, 0.29) is 12.5 Å². The molecule has 3 rings (SSSR count). The number of methoxy groups -OCH3 is 1. The molecule has 0 unspecified atom stereocenters. The Balaban J connectivity index is 1.77. The number of benzene rings is 3. The van der Waals surface area contributed by atoms with Crippen molar-refractivity contribution in [2.45, 2.75) is 20.5 Å². The third-order valence-electron chi connectivity index (χ3n) is 4.83. The van der Waals surface area contributed by atoms with Gasteiger partial charge in [0.15, 0.2) is 11.5 Å². The molecular formula is C26H24BrCl2NO4. The number of carbonyl (C=O) groups excluding carboxylic acids is 1. The van der Waals surface area contributed by atoms with Crippen molar-refractivity contribution in [1.29, 1.82) is 0 Å². The molecule has 1 N–H and O–H groups in total. The van der Waals surface area contributed by atoms with Crippen LogP contribution in [0, 0.1) is 6.92 Å². The molecule has 0 saturated carbocycles. The zero-order chi connectivity index (χ0) is 24.7. The fourth-order valence-electron chi connectivity index (χ4n) is 3.13. The molecule has 3 aromatic carbocycles. The summed E-state index contributed by atoms with van der Waals surface area (Å²) >= 11 is 15.9. The number of carbonyl (C=O) groups is 1. The number of hydrogen-bond acceptors (Lipinski definition) is 4. The zero-order valence-electron chi connectivity index (χ0n) is 19.0. The van der Waals surface area contributed by atoms with Crippen LogP contribution >= 0.6 is 39.1 Å². The molecule has 0 fully saturated rings. The number of aryl methyl sites for hydroxylation is 1. The predicted molar refractivity (Wildman–Crippen MR) is 141 cm³/mol. The second kappa shape index (κ2) is 12.2. The molecule has 0 atom stereocenters. The first kappa shape index (κ1) is 25.9. The van der Waals surface area contributed by atoms with Gasteiger partial charge >= 0.3 is 0 Å². The SMILES string of the molecule is CCOc1cc(/C=C/C(=O)Nc2cc(C)c(Cl)cc2OC)cc(Br)c1OCc1ccccc1Cl. The van der Waals surface area contributed by atoms with Crippen LogP contribution in [0.5, 0.6) is 17.2 Å². The molecule has 178 valence electrons. The number of ether oxygens (including phenoxy) is 3. The van der Waals surface area contributed by atoms with Gasteiger partial charge in [-0.25, -0.2) is 0 Å². The van der Waals surface area contributed by atoms with Crippen LogP contribution in [-0.2, 0) is 11.4 Å². The molecule has 0 aliphatic rings. The summed E-state index contributed by atoms with van der Waals surface area (Å²) in [6.45, 7) is 4.50. The number of anilines is 1. The van der Waals surface area contributed by atoms with Crippen LogP contribution in [0.4, 0.5) is 5.69 Å². The highest BCUT2D eigenvalue weighted by atomic mass is 79.9. The van der Waals surface area contributed by atoms with Crippen molar-refractivity contribution < 1.29 is 19.0 Å². The van der Waals surface area contributed by atoms with Gasteiger partial charge in [0.1, 0.15) is 12.4 Å². The summed E-state index contributed by atoms with van der Waals surface area (Å²) < 4.78 is 17.8. The molecule has 0 radical (unpaired) electrons. The van der Waals surface area contributed by atoms with Gasteiger partial charge in [-0.1, -0.05) is 41.4 Å². The van der Waals surface area contributed by atoms with Gasteiger partial charge in [-0.15, -0.1) is 0 Å². The van der Waals surface area contributed by atoms with Gasteiger partial charge in [0.25, 0.3) is 0 Å². The second-order valence-corrected chi connectivity index (χ2v) is 8.94. The molecule has 0 bridgehead atoms. The highest BCUT2D eigenvalue weighted by Gasteiger charge is 2.13. The van der Waals surface area contributed by atoms with Crippen LogP contribution < -0.4 is 19.5 Å². The lowest BCUT2D eigenvalue weighted by Gasteiger charge is -2.15. The summed E-state index contributed by atoms with van der Waals surface area (Å²) in [6.07, 6.45) is 3.13. The molecule has 5 nitrogen and oxygen atoms in total. The van der Waals surface area contributed by atoms with Crippen LogP contribution in [0.25, 0.3) is 6.08 Å². The van der Waals surface area contributed by atoms with Crippen molar-refractivity contribution in [2.75, 3.05) is 19.0 Å². The number of halogens is 3. The van der Waals surface area contributed by atoms with Crippen molar-refractivity contribution in [2.24, 2.45) is 0 Å². The van der Waals surface area contributed by atoms with Crippen LogP contribution in [0.15, 0.2) is 59.1 Å². The summed E-state index contributed by atoms with van der Waals surface area (Å²) in [4.78, 5) is 12.5. The molecule has 0 aliphatic heterocycles. The van der Waals surface area contributed by atoms with Gasteiger partial charge in [0.2, 0.25) is 5.91 Å². The van der Waals surface area contributed by atoms with Gasteiger partial charge < -0.3 is 19.5 Å². The van der Waals surface area contributed by atoms with E-state index < -0.39 is 0 Å². The predicted octanol–water partition coefficient (Wildman–Crippen LogP) is 7.70. The third-order valence-corrected chi connectivity index (χ3v) is 6.19. The molecule has 0 aromatic heterocycles. The Morgan fingerprint density at radius 3 is 2.53 bits per heavy atom. The van der Waals surface area contributed by atoms with Gasteiger partial charge in [0.05, 0.1) is 23.9 Å². The average Bonchev–Trinajstić information content (AvgIpc) is 2.80. The Hall–Kier alpha value is -2.67. The number of rotatable bonds is 9. The quantitative estimate of drug-likeness (QED) is 0.270. The van der Waals surface area contributed by atoms with E-state index in [2.05, 4.69) is 21.2 Å². The molecular weight excluding hydrogens is 541 g/mol. The number of nitrogens with one attached hydrogen (secondary N) is 1. The Morgan fingerprint density at radius 1 is 1.06 bits per heavy atom. The van der Waals surface area contributed by atoms with Gasteiger partial charge in [0, 0.05) is 27.8 Å². The van der Waals surface area contributed by atoms with E-state index in [1.54, 1.807) is 18.2 Å². The molecule has 8 heteroatoms. The summed E-state index contributed by atoms with van der Waals surface area (Å²) in [5.74, 6) is 1.29. The largest absolute Gasteiger partial charge is 0.495 e. The number of hydrogen-bond donors (Lipinski definition) is 1. The third kappa shape index (κ3) is 6.69. The van der Waals surface area contributed by atoms with E-state index in [0.29, 0.717) is 44.1 Å². The fraction of sp³-hybridized carbons (Fsp3) is 0.192. The minimum Gasteiger partial charge on any atom is -0.495 e. The first-order valence-electron chi connectivity index (χ1n) is 10.5. The van der Waals surface area contributed by atoms with Crippen LogP contribution in [0.2, 0.25) is 10.0 Å². The number of amides is 1. The monoisotopic (exact) mass is 563 g/mol. The summed E-state index contributed by atoms with van der Waals surface area (Å²) in [7, 11) is 1.52. The average molecular weight is 565 g/mol. The first-order valence-corrected chi connectivity index (χ1v) is 12.0. The maximum atomic E-state index is 12.5. The van der Waals surface area contributed by atoms with Crippen LogP contribution in [0.1, 0.15) is 23.6 Å². The lowest BCUT2D eigenvalue weighted by Crippen LogP contribution is -2.09. The van der Waals surface area contributed by atoms with E-state index in [1.807, 2.05) is 50.2 Å². The summed E-state index contributed by atoms with van der Waals surface area (Å²) in [5.41, 5.74) is 3.00. The molecule has 3 aromatic rings. The summed E-state index contributed by atoms with van der Waals surface area (Å²) in [6, 6.07) is 14.6. The maximum absolute atomic E-state index is 12.5. The van der Waals surface area contributed by atoms with E-state index in [9.17, 15) is 4.79 Å². The second-order valence-electron chi connectivity index (χ2n) is 7.27. The van der Waals surface area contributed by atoms with Crippen LogP contribution in [-0.4, -0.2) is 19.6 Å². The molecule has 0 heterocycles. The lowest BCUT2D eigenvalue weighted by atomic mass is 10.1. The Morgan fingerprint density at radius 2 is 1.82 bits per heavy atom. The fourth-order valence-corrected chi connectivity index (χ4v) is 4.05.